The average molecular weight is 273 g/mol. The van der Waals surface area contributed by atoms with Crippen molar-refractivity contribution in [3.05, 3.63) is 60.2 Å². The van der Waals surface area contributed by atoms with Crippen LogP contribution in [0.4, 0.5) is 0 Å². The monoisotopic (exact) mass is 273 g/mol. The van der Waals surface area contributed by atoms with Crippen LogP contribution in [-0.2, 0) is 16.1 Å². The summed E-state index contributed by atoms with van der Waals surface area (Å²) in [4.78, 5) is 11.5. The molecule has 0 amide bonds. The van der Waals surface area contributed by atoms with E-state index in [1.165, 1.54) is 11.6 Å². The number of benzene rings is 1. The zero-order valence-corrected chi connectivity index (χ0v) is 12.5. The minimum Gasteiger partial charge on any atom is -0.457 e. The second kappa shape index (κ2) is 7.65. The van der Waals surface area contributed by atoms with E-state index in [2.05, 4.69) is 24.0 Å². The second-order valence-corrected chi connectivity index (χ2v) is 5.61. The summed E-state index contributed by atoms with van der Waals surface area (Å²) in [6.45, 7) is 10.8. The number of hydrogen-bond acceptors (Lipinski definition) is 3. The Balaban J connectivity index is 2.28. The number of ether oxygens (including phenoxy) is 1. The summed E-state index contributed by atoms with van der Waals surface area (Å²) in [5, 5.41) is 3.27. The molecule has 0 heterocycles. The van der Waals surface area contributed by atoms with E-state index in [1.807, 2.05) is 39.0 Å². The van der Waals surface area contributed by atoms with E-state index >= 15 is 0 Å². The maximum absolute atomic E-state index is 11.5. The van der Waals surface area contributed by atoms with Gasteiger partial charge in [-0.2, -0.15) is 0 Å². The summed E-state index contributed by atoms with van der Waals surface area (Å²) in [5.41, 5.74) is 1.59. The summed E-state index contributed by atoms with van der Waals surface area (Å²) in [7, 11) is 0. The number of nitrogens with one attached hydrogen (secondary N) is 1. The van der Waals surface area contributed by atoms with Gasteiger partial charge in [0.15, 0.2) is 0 Å². The molecule has 1 aromatic carbocycles. The van der Waals surface area contributed by atoms with Gasteiger partial charge in [0, 0.05) is 19.2 Å². The Morgan fingerprint density at radius 2 is 1.90 bits per heavy atom. The predicted octanol–water partition coefficient (Wildman–Crippen LogP) is 3.23. The second-order valence-electron chi connectivity index (χ2n) is 5.61. The van der Waals surface area contributed by atoms with Crippen molar-refractivity contribution in [3.63, 3.8) is 0 Å². The molecule has 0 spiro atoms. The Morgan fingerprint density at radius 1 is 1.25 bits per heavy atom. The first-order valence-electron chi connectivity index (χ1n) is 6.70. The van der Waals surface area contributed by atoms with Gasteiger partial charge in [-0.3, -0.25) is 0 Å². The van der Waals surface area contributed by atoms with Crippen molar-refractivity contribution in [3.8, 4) is 0 Å². The van der Waals surface area contributed by atoms with Crippen molar-refractivity contribution in [1.29, 1.82) is 0 Å². The zero-order valence-electron chi connectivity index (χ0n) is 12.5. The lowest BCUT2D eigenvalue weighted by molar-refractivity contribution is -0.148. The lowest BCUT2D eigenvalue weighted by atomic mass is 10.2. The SMILES string of the molecule is C=C(/C=C/C(=O)OC(C)(C)C)CNCc1ccccc1. The topological polar surface area (TPSA) is 38.3 Å². The van der Waals surface area contributed by atoms with E-state index in [-0.39, 0.29) is 5.97 Å². The molecule has 0 aliphatic rings. The third-order valence-electron chi connectivity index (χ3n) is 2.39. The maximum Gasteiger partial charge on any atom is 0.331 e. The molecule has 0 atom stereocenters. The van der Waals surface area contributed by atoms with Gasteiger partial charge in [0.1, 0.15) is 5.60 Å². The predicted molar refractivity (Wildman–Crippen MR) is 82.3 cm³/mol. The van der Waals surface area contributed by atoms with Crippen LogP contribution in [0.5, 0.6) is 0 Å². The molecule has 20 heavy (non-hydrogen) atoms. The molecular weight excluding hydrogens is 250 g/mol. The maximum atomic E-state index is 11.5. The summed E-state index contributed by atoms with van der Waals surface area (Å²) >= 11 is 0. The first kappa shape index (κ1) is 16.2. The number of esters is 1. The Kier molecular flexibility index (Phi) is 6.19. The van der Waals surface area contributed by atoms with Crippen molar-refractivity contribution >= 4 is 5.97 Å². The Hall–Kier alpha value is -1.87. The fourth-order valence-electron chi connectivity index (χ4n) is 1.54. The van der Waals surface area contributed by atoms with Crippen LogP contribution >= 0.6 is 0 Å². The van der Waals surface area contributed by atoms with Crippen LogP contribution < -0.4 is 5.32 Å². The quantitative estimate of drug-likeness (QED) is 0.491. The fraction of sp³-hybridized carbons (Fsp3) is 0.353. The summed E-state index contributed by atoms with van der Waals surface area (Å²) in [6.07, 6.45) is 3.10. The van der Waals surface area contributed by atoms with Crippen molar-refractivity contribution in [2.24, 2.45) is 0 Å². The van der Waals surface area contributed by atoms with Crippen LogP contribution in [0.25, 0.3) is 0 Å². The molecule has 3 nitrogen and oxygen atoms in total. The first-order valence-corrected chi connectivity index (χ1v) is 6.70. The van der Waals surface area contributed by atoms with Gasteiger partial charge in [0.2, 0.25) is 0 Å². The van der Waals surface area contributed by atoms with Gasteiger partial charge in [-0.15, -0.1) is 0 Å². The Morgan fingerprint density at radius 3 is 2.50 bits per heavy atom. The van der Waals surface area contributed by atoms with E-state index in [0.29, 0.717) is 6.54 Å². The molecule has 1 rings (SSSR count). The first-order chi connectivity index (χ1) is 9.37. The van der Waals surface area contributed by atoms with E-state index in [9.17, 15) is 4.79 Å². The molecule has 0 aliphatic carbocycles. The fourth-order valence-corrected chi connectivity index (χ4v) is 1.54. The zero-order chi connectivity index (χ0) is 15.0. The highest BCUT2D eigenvalue weighted by molar-refractivity contribution is 5.82. The molecule has 0 saturated heterocycles. The molecular formula is C17H23NO2. The van der Waals surface area contributed by atoms with Crippen molar-refractivity contribution in [2.45, 2.75) is 32.9 Å². The van der Waals surface area contributed by atoms with E-state index in [0.717, 1.165) is 12.1 Å². The van der Waals surface area contributed by atoms with Crippen LogP contribution in [0, 0.1) is 0 Å². The van der Waals surface area contributed by atoms with E-state index < -0.39 is 5.60 Å². The molecule has 0 saturated carbocycles. The minimum atomic E-state index is -0.464. The van der Waals surface area contributed by atoms with Gasteiger partial charge in [0.05, 0.1) is 0 Å². The van der Waals surface area contributed by atoms with Crippen LogP contribution in [-0.4, -0.2) is 18.1 Å². The Bertz CT molecular complexity index is 470. The van der Waals surface area contributed by atoms with Crippen molar-refractivity contribution in [1.82, 2.24) is 5.32 Å². The lowest BCUT2D eigenvalue weighted by Crippen LogP contribution is -2.22. The molecule has 1 N–H and O–H groups in total. The van der Waals surface area contributed by atoms with Crippen LogP contribution in [0.1, 0.15) is 26.3 Å². The van der Waals surface area contributed by atoms with E-state index in [1.54, 1.807) is 6.08 Å². The van der Waals surface area contributed by atoms with Crippen LogP contribution in [0.2, 0.25) is 0 Å². The third-order valence-corrected chi connectivity index (χ3v) is 2.39. The number of hydrogen-bond donors (Lipinski definition) is 1. The molecule has 0 aliphatic heterocycles. The van der Waals surface area contributed by atoms with Gasteiger partial charge in [-0.25, -0.2) is 4.79 Å². The molecule has 0 fully saturated rings. The molecule has 108 valence electrons. The molecule has 1 aromatic rings. The third kappa shape index (κ3) is 7.54. The number of rotatable bonds is 6. The molecule has 0 aromatic heterocycles. The summed E-state index contributed by atoms with van der Waals surface area (Å²) < 4.78 is 5.17. The van der Waals surface area contributed by atoms with Gasteiger partial charge in [-0.05, 0) is 31.9 Å². The molecule has 3 heteroatoms. The van der Waals surface area contributed by atoms with Crippen LogP contribution in [0.15, 0.2) is 54.6 Å². The largest absolute Gasteiger partial charge is 0.457 e. The van der Waals surface area contributed by atoms with E-state index in [4.69, 9.17) is 4.74 Å². The van der Waals surface area contributed by atoms with Gasteiger partial charge in [0.25, 0.3) is 0 Å². The van der Waals surface area contributed by atoms with Gasteiger partial charge >= 0.3 is 5.97 Å². The summed E-state index contributed by atoms with van der Waals surface area (Å²) in [6, 6.07) is 10.1. The normalized spacial score (nSPS) is 11.6. The number of carbonyl (C=O) groups excluding carboxylic acids is 1. The number of carbonyl (C=O) groups is 1. The molecule has 0 unspecified atom stereocenters. The standard InChI is InChI=1S/C17H23NO2/c1-14(10-11-16(19)20-17(2,3)4)12-18-13-15-8-6-5-7-9-15/h5-11,18H,1,12-13H2,2-4H3/b11-10+. The van der Waals surface area contributed by atoms with Gasteiger partial charge < -0.3 is 10.1 Å². The lowest BCUT2D eigenvalue weighted by Gasteiger charge is -2.17. The summed E-state index contributed by atoms with van der Waals surface area (Å²) in [5.74, 6) is -0.346. The highest BCUT2D eigenvalue weighted by Crippen LogP contribution is 2.07. The highest BCUT2D eigenvalue weighted by atomic mass is 16.6. The minimum absolute atomic E-state index is 0.346. The highest BCUT2D eigenvalue weighted by Gasteiger charge is 2.13. The van der Waals surface area contributed by atoms with Crippen molar-refractivity contribution < 1.29 is 9.53 Å². The Labute approximate surface area is 121 Å². The van der Waals surface area contributed by atoms with Crippen molar-refractivity contribution in [2.75, 3.05) is 6.54 Å². The average Bonchev–Trinajstić information content (AvgIpc) is 2.36. The molecule has 0 bridgehead atoms. The smallest absolute Gasteiger partial charge is 0.331 e. The van der Waals surface area contributed by atoms with Gasteiger partial charge in [-0.1, -0.05) is 43.0 Å². The van der Waals surface area contributed by atoms with Crippen LogP contribution in [0.3, 0.4) is 0 Å². The molecule has 0 radical (unpaired) electrons.